The molecule has 2 aromatic carbocycles. The summed E-state index contributed by atoms with van der Waals surface area (Å²) in [5, 5.41) is 11.9. The number of nitrogens with one attached hydrogen (secondary N) is 1. The number of benzene rings is 2. The van der Waals surface area contributed by atoms with Gasteiger partial charge in [-0.15, -0.1) is 12.4 Å². The number of halogens is 1. The summed E-state index contributed by atoms with van der Waals surface area (Å²) in [6.45, 7) is -0.328. The van der Waals surface area contributed by atoms with E-state index in [1.807, 2.05) is 36.4 Å². The predicted octanol–water partition coefficient (Wildman–Crippen LogP) is 2.64. The highest BCUT2D eigenvalue weighted by Crippen LogP contribution is 2.13. The van der Waals surface area contributed by atoms with Gasteiger partial charge in [-0.2, -0.15) is 0 Å². The Bertz CT molecular complexity index is 605. The molecule has 0 atom stereocenters. The van der Waals surface area contributed by atoms with E-state index < -0.39 is 5.97 Å². The van der Waals surface area contributed by atoms with Crippen LogP contribution in [0.2, 0.25) is 0 Å². The number of anilines is 2. The number of carboxylic acids is 1. The minimum Gasteiger partial charge on any atom is -0.480 e. The standard InChI is InChI=1S/C16H16N2O3.ClH/c19-15(11-17-13-7-3-1-4-8-13)18(12-16(20)21)14-9-5-2-6-10-14;/h1-10,17H,11-12H2,(H,20,21);1H. The van der Waals surface area contributed by atoms with Gasteiger partial charge in [0.2, 0.25) is 5.91 Å². The third-order valence-electron chi connectivity index (χ3n) is 2.88. The normalized spacial score (nSPS) is 9.45. The summed E-state index contributed by atoms with van der Waals surface area (Å²) in [4.78, 5) is 24.4. The quantitative estimate of drug-likeness (QED) is 0.858. The van der Waals surface area contributed by atoms with Gasteiger partial charge < -0.3 is 10.4 Å². The van der Waals surface area contributed by atoms with Crippen LogP contribution in [0.4, 0.5) is 11.4 Å². The van der Waals surface area contributed by atoms with Gasteiger partial charge in [0.25, 0.3) is 0 Å². The van der Waals surface area contributed by atoms with E-state index in [0.717, 1.165) is 5.69 Å². The largest absolute Gasteiger partial charge is 0.480 e. The number of carbonyl (C=O) groups is 2. The number of nitrogens with zero attached hydrogens (tertiary/aromatic N) is 1. The number of amides is 1. The Labute approximate surface area is 135 Å². The van der Waals surface area contributed by atoms with Crippen molar-refractivity contribution in [3.05, 3.63) is 60.7 Å². The van der Waals surface area contributed by atoms with Crippen LogP contribution in [0.25, 0.3) is 0 Å². The Balaban J connectivity index is 0.00000242. The van der Waals surface area contributed by atoms with Crippen LogP contribution < -0.4 is 10.2 Å². The molecule has 0 heterocycles. The molecule has 5 nitrogen and oxygen atoms in total. The third-order valence-corrected chi connectivity index (χ3v) is 2.88. The van der Waals surface area contributed by atoms with E-state index in [1.165, 1.54) is 4.90 Å². The van der Waals surface area contributed by atoms with Crippen LogP contribution in [0, 0.1) is 0 Å². The van der Waals surface area contributed by atoms with Crippen molar-refractivity contribution in [3.63, 3.8) is 0 Å². The first-order chi connectivity index (χ1) is 10.2. The average Bonchev–Trinajstić information content (AvgIpc) is 2.52. The third kappa shape index (κ3) is 5.10. The summed E-state index contributed by atoms with van der Waals surface area (Å²) in [6, 6.07) is 18.1. The first kappa shape index (κ1) is 17.5. The fourth-order valence-corrected chi connectivity index (χ4v) is 1.90. The highest BCUT2D eigenvalue weighted by Gasteiger charge is 2.18. The molecule has 1 amide bonds. The molecule has 6 heteroatoms. The lowest BCUT2D eigenvalue weighted by atomic mass is 10.2. The van der Waals surface area contributed by atoms with Gasteiger partial charge in [0.1, 0.15) is 6.54 Å². The van der Waals surface area contributed by atoms with Gasteiger partial charge in [0.05, 0.1) is 6.54 Å². The van der Waals surface area contributed by atoms with Crippen LogP contribution >= 0.6 is 12.4 Å². The zero-order valence-electron chi connectivity index (χ0n) is 11.8. The molecule has 0 aliphatic carbocycles. The van der Waals surface area contributed by atoms with Crippen molar-refractivity contribution in [2.24, 2.45) is 0 Å². The Morgan fingerprint density at radius 3 is 2.05 bits per heavy atom. The molecule has 0 bridgehead atoms. The summed E-state index contributed by atoms with van der Waals surface area (Å²) in [5.41, 5.74) is 1.38. The minimum atomic E-state index is -1.05. The lowest BCUT2D eigenvalue weighted by Crippen LogP contribution is -2.39. The van der Waals surface area contributed by atoms with Crippen LogP contribution in [0.3, 0.4) is 0 Å². The maximum Gasteiger partial charge on any atom is 0.323 e. The topological polar surface area (TPSA) is 69.6 Å². The maximum atomic E-state index is 12.3. The molecular weight excluding hydrogens is 304 g/mol. The van der Waals surface area contributed by atoms with Gasteiger partial charge in [-0.1, -0.05) is 36.4 Å². The number of hydrogen-bond donors (Lipinski definition) is 2. The first-order valence-electron chi connectivity index (χ1n) is 6.53. The Morgan fingerprint density at radius 2 is 1.50 bits per heavy atom. The molecule has 22 heavy (non-hydrogen) atoms. The fourth-order valence-electron chi connectivity index (χ4n) is 1.90. The number of para-hydroxylation sites is 2. The number of carbonyl (C=O) groups excluding carboxylic acids is 1. The molecule has 0 aliphatic heterocycles. The van der Waals surface area contributed by atoms with Crippen molar-refractivity contribution < 1.29 is 14.7 Å². The zero-order valence-corrected chi connectivity index (χ0v) is 12.6. The van der Waals surface area contributed by atoms with Crippen molar-refractivity contribution in [3.8, 4) is 0 Å². The molecule has 0 radical (unpaired) electrons. The van der Waals surface area contributed by atoms with Gasteiger partial charge in [0.15, 0.2) is 0 Å². The molecular formula is C16H17ClN2O3. The number of carboxylic acid groups (broad SMARTS) is 1. The Hall–Kier alpha value is -2.53. The van der Waals surface area contributed by atoms with Crippen LogP contribution in [-0.4, -0.2) is 30.1 Å². The SMILES string of the molecule is Cl.O=C(O)CN(C(=O)CNc1ccccc1)c1ccccc1. The van der Waals surface area contributed by atoms with Gasteiger partial charge in [0, 0.05) is 11.4 Å². The highest BCUT2D eigenvalue weighted by molar-refractivity contribution is 5.99. The summed E-state index contributed by atoms with van der Waals surface area (Å²) >= 11 is 0. The van der Waals surface area contributed by atoms with E-state index in [1.54, 1.807) is 24.3 Å². The molecule has 0 unspecified atom stereocenters. The van der Waals surface area contributed by atoms with Crippen molar-refractivity contribution in [2.75, 3.05) is 23.3 Å². The van der Waals surface area contributed by atoms with Crippen molar-refractivity contribution in [1.29, 1.82) is 0 Å². The zero-order chi connectivity index (χ0) is 15.1. The van der Waals surface area contributed by atoms with Crippen LogP contribution in [0.1, 0.15) is 0 Å². The van der Waals surface area contributed by atoms with Gasteiger partial charge >= 0.3 is 5.97 Å². The predicted molar refractivity (Wildman–Crippen MR) is 88.6 cm³/mol. The van der Waals surface area contributed by atoms with Crippen LogP contribution in [-0.2, 0) is 9.59 Å². The smallest absolute Gasteiger partial charge is 0.323 e. The van der Waals surface area contributed by atoms with E-state index >= 15 is 0 Å². The van der Waals surface area contributed by atoms with Crippen molar-refractivity contribution in [1.82, 2.24) is 0 Å². The monoisotopic (exact) mass is 320 g/mol. The molecule has 0 aromatic heterocycles. The van der Waals surface area contributed by atoms with Gasteiger partial charge in [-0.05, 0) is 24.3 Å². The van der Waals surface area contributed by atoms with E-state index in [2.05, 4.69) is 5.32 Å². The van der Waals surface area contributed by atoms with E-state index in [0.29, 0.717) is 5.69 Å². The second-order valence-electron chi connectivity index (χ2n) is 4.43. The number of aliphatic carboxylic acids is 1. The molecule has 116 valence electrons. The maximum absolute atomic E-state index is 12.3. The molecule has 2 N–H and O–H groups in total. The molecule has 0 saturated carbocycles. The second-order valence-corrected chi connectivity index (χ2v) is 4.43. The van der Waals surface area contributed by atoms with Gasteiger partial charge in [-0.25, -0.2) is 0 Å². The first-order valence-corrected chi connectivity index (χ1v) is 6.53. The molecule has 2 aromatic rings. The molecule has 0 fully saturated rings. The average molecular weight is 321 g/mol. The molecule has 0 aliphatic rings. The van der Waals surface area contributed by atoms with Crippen molar-refractivity contribution >= 4 is 35.7 Å². The van der Waals surface area contributed by atoms with Crippen LogP contribution in [0.15, 0.2) is 60.7 Å². The van der Waals surface area contributed by atoms with Gasteiger partial charge in [-0.3, -0.25) is 14.5 Å². The summed E-state index contributed by atoms with van der Waals surface area (Å²) in [5.74, 6) is -1.35. The summed E-state index contributed by atoms with van der Waals surface area (Å²) in [6.07, 6.45) is 0. The van der Waals surface area contributed by atoms with E-state index in [-0.39, 0.29) is 31.4 Å². The minimum absolute atomic E-state index is 0. The molecule has 0 saturated heterocycles. The van der Waals surface area contributed by atoms with Crippen molar-refractivity contribution in [2.45, 2.75) is 0 Å². The number of hydrogen-bond acceptors (Lipinski definition) is 3. The lowest BCUT2D eigenvalue weighted by Gasteiger charge is -2.21. The Kier molecular flexibility index (Phi) is 6.92. The number of rotatable bonds is 6. The highest BCUT2D eigenvalue weighted by atomic mass is 35.5. The summed E-state index contributed by atoms with van der Waals surface area (Å²) < 4.78 is 0. The Morgan fingerprint density at radius 1 is 0.955 bits per heavy atom. The van der Waals surface area contributed by atoms with E-state index in [9.17, 15) is 9.59 Å². The second kappa shape index (κ2) is 8.69. The molecule has 0 spiro atoms. The lowest BCUT2D eigenvalue weighted by molar-refractivity contribution is -0.136. The summed E-state index contributed by atoms with van der Waals surface area (Å²) in [7, 11) is 0. The molecule has 2 rings (SSSR count). The van der Waals surface area contributed by atoms with E-state index in [4.69, 9.17) is 5.11 Å². The fraction of sp³-hybridized carbons (Fsp3) is 0.125. The van der Waals surface area contributed by atoms with Crippen LogP contribution in [0.5, 0.6) is 0 Å².